The van der Waals surface area contributed by atoms with Crippen LogP contribution in [0.4, 0.5) is 0 Å². The van der Waals surface area contributed by atoms with Crippen molar-refractivity contribution < 1.29 is 9.21 Å². The van der Waals surface area contributed by atoms with Crippen LogP contribution in [0.2, 0.25) is 0 Å². The predicted molar refractivity (Wildman–Crippen MR) is 68.1 cm³/mol. The van der Waals surface area contributed by atoms with Crippen LogP contribution in [0.15, 0.2) is 22.8 Å². The zero-order valence-electron chi connectivity index (χ0n) is 10.6. The molecule has 4 heteroatoms. The highest BCUT2D eigenvalue weighted by Gasteiger charge is 2.36. The molecule has 0 spiro atoms. The van der Waals surface area contributed by atoms with Gasteiger partial charge in [0.05, 0.1) is 6.26 Å². The van der Waals surface area contributed by atoms with Gasteiger partial charge in [-0.2, -0.15) is 0 Å². The second-order valence-corrected chi connectivity index (χ2v) is 5.29. The molecule has 1 aromatic rings. The molecule has 3 heterocycles. The Bertz CT molecular complexity index is 402. The van der Waals surface area contributed by atoms with Gasteiger partial charge in [-0.15, -0.1) is 0 Å². The molecule has 0 saturated carbocycles. The van der Waals surface area contributed by atoms with Crippen LogP contribution >= 0.6 is 0 Å². The number of nitrogens with one attached hydrogen (secondary N) is 1. The van der Waals surface area contributed by atoms with Crippen molar-refractivity contribution in [3.05, 3.63) is 24.2 Å². The van der Waals surface area contributed by atoms with Gasteiger partial charge in [0.1, 0.15) is 5.76 Å². The van der Waals surface area contributed by atoms with E-state index in [1.54, 1.807) is 6.26 Å². The van der Waals surface area contributed by atoms with E-state index in [2.05, 4.69) is 10.2 Å². The summed E-state index contributed by atoms with van der Waals surface area (Å²) in [7, 11) is 0. The minimum Gasteiger partial charge on any atom is -0.469 e. The average Bonchev–Trinajstić information content (AvgIpc) is 3.05. The summed E-state index contributed by atoms with van der Waals surface area (Å²) in [6, 6.07) is 4.24. The van der Waals surface area contributed by atoms with Crippen molar-refractivity contribution in [3.63, 3.8) is 0 Å². The molecule has 0 aliphatic carbocycles. The lowest BCUT2D eigenvalue weighted by Crippen LogP contribution is -2.48. The van der Waals surface area contributed by atoms with Gasteiger partial charge in [0, 0.05) is 38.5 Å². The van der Waals surface area contributed by atoms with Crippen molar-refractivity contribution in [2.24, 2.45) is 5.92 Å². The van der Waals surface area contributed by atoms with Crippen molar-refractivity contribution in [1.29, 1.82) is 0 Å². The molecule has 18 heavy (non-hydrogen) atoms. The molecule has 2 fully saturated rings. The van der Waals surface area contributed by atoms with Gasteiger partial charge in [-0.25, -0.2) is 0 Å². The summed E-state index contributed by atoms with van der Waals surface area (Å²) >= 11 is 0. The Morgan fingerprint density at radius 2 is 2.44 bits per heavy atom. The maximum Gasteiger partial charge on any atom is 0.223 e. The van der Waals surface area contributed by atoms with Crippen LogP contribution in [0.3, 0.4) is 0 Å². The third kappa shape index (κ3) is 2.29. The molecule has 2 atom stereocenters. The lowest BCUT2D eigenvalue weighted by Gasteiger charge is -2.37. The summed E-state index contributed by atoms with van der Waals surface area (Å²) in [4.78, 5) is 14.4. The van der Waals surface area contributed by atoms with Gasteiger partial charge in [-0.1, -0.05) is 0 Å². The Kier molecular flexibility index (Phi) is 3.37. The normalized spacial score (nSPS) is 27.2. The molecule has 2 aliphatic heterocycles. The first-order valence-corrected chi connectivity index (χ1v) is 6.87. The minimum absolute atomic E-state index is 0.282. The third-order valence-electron chi connectivity index (χ3n) is 4.16. The molecule has 0 aromatic carbocycles. The highest BCUT2D eigenvalue weighted by molar-refractivity contribution is 5.77. The number of likely N-dealkylation sites (tertiary alicyclic amines) is 1. The second-order valence-electron chi connectivity index (χ2n) is 5.29. The van der Waals surface area contributed by atoms with Crippen LogP contribution in [-0.4, -0.2) is 36.5 Å². The Morgan fingerprint density at radius 1 is 1.50 bits per heavy atom. The van der Waals surface area contributed by atoms with E-state index < -0.39 is 0 Å². The fraction of sp³-hybridized carbons (Fsp3) is 0.643. The van der Waals surface area contributed by atoms with Crippen LogP contribution in [0.5, 0.6) is 0 Å². The molecule has 1 amide bonds. The molecule has 4 nitrogen and oxygen atoms in total. The highest BCUT2D eigenvalue weighted by atomic mass is 16.3. The number of carbonyl (C=O) groups excluding carboxylic acids is 1. The van der Waals surface area contributed by atoms with Gasteiger partial charge in [0.15, 0.2) is 0 Å². The maximum absolute atomic E-state index is 12.3. The molecular weight excluding hydrogens is 228 g/mol. The number of fused-ring (bicyclic) bond motifs is 1. The first-order valence-electron chi connectivity index (χ1n) is 6.87. The van der Waals surface area contributed by atoms with Crippen molar-refractivity contribution in [1.82, 2.24) is 10.2 Å². The smallest absolute Gasteiger partial charge is 0.223 e. The summed E-state index contributed by atoms with van der Waals surface area (Å²) < 4.78 is 5.27. The predicted octanol–water partition coefficient (Wildman–Crippen LogP) is 1.42. The van der Waals surface area contributed by atoms with Crippen molar-refractivity contribution in [3.8, 4) is 0 Å². The van der Waals surface area contributed by atoms with Crippen LogP contribution < -0.4 is 5.32 Å². The molecule has 0 bridgehead atoms. The van der Waals surface area contributed by atoms with Crippen LogP contribution in [0.25, 0.3) is 0 Å². The second kappa shape index (κ2) is 5.14. The van der Waals surface area contributed by atoms with Crippen LogP contribution in [0.1, 0.15) is 25.0 Å². The van der Waals surface area contributed by atoms with Crippen molar-refractivity contribution in [2.45, 2.75) is 31.7 Å². The molecule has 2 saturated heterocycles. The van der Waals surface area contributed by atoms with Gasteiger partial charge in [-0.05, 0) is 30.9 Å². The Balaban J connectivity index is 1.58. The van der Waals surface area contributed by atoms with Crippen molar-refractivity contribution >= 4 is 5.91 Å². The quantitative estimate of drug-likeness (QED) is 0.880. The zero-order valence-corrected chi connectivity index (χ0v) is 10.6. The number of hydrogen-bond donors (Lipinski definition) is 1. The van der Waals surface area contributed by atoms with E-state index in [0.29, 0.717) is 24.8 Å². The van der Waals surface area contributed by atoms with Gasteiger partial charge in [0.2, 0.25) is 5.91 Å². The standard InChI is InChI=1S/C14H20N2O2/c17-14(6-5-12-4-2-8-18-12)16-7-1-3-11-9-15-10-13(11)16/h2,4,8,11,13,15H,1,3,5-7,9-10H2. The van der Waals surface area contributed by atoms with E-state index in [1.165, 1.54) is 6.42 Å². The first kappa shape index (κ1) is 11.8. The fourth-order valence-electron chi connectivity index (χ4n) is 3.21. The summed E-state index contributed by atoms with van der Waals surface area (Å²) in [5.41, 5.74) is 0. The molecular formula is C14H20N2O2. The van der Waals surface area contributed by atoms with Crippen LogP contribution in [0, 0.1) is 5.92 Å². The average molecular weight is 248 g/mol. The number of hydrogen-bond acceptors (Lipinski definition) is 3. The van der Waals surface area contributed by atoms with E-state index in [-0.39, 0.29) is 5.91 Å². The van der Waals surface area contributed by atoms with Gasteiger partial charge >= 0.3 is 0 Å². The summed E-state index contributed by atoms with van der Waals surface area (Å²) in [6.45, 7) is 2.98. The molecule has 3 rings (SSSR count). The summed E-state index contributed by atoms with van der Waals surface area (Å²) in [6.07, 6.45) is 5.36. The lowest BCUT2D eigenvalue weighted by molar-refractivity contribution is -0.135. The number of rotatable bonds is 3. The number of nitrogens with zero attached hydrogens (tertiary/aromatic N) is 1. The first-order chi connectivity index (χ1) is 8.84. The zero-order chi connectivity index (χ0) is 12.4. The third-order valence-corrected chi connectivity index (χ3v) is 4.16. The monoisotopic (exact) mass is 248 g/mol. The fourth-order valence-corrected chi connectivity index (χ4v) is 3.21. The van der Waals surface area contributed by atoms with E-state index in [1.807, 2.05) is 12.1 Å². The Labute approximate surface area is 107 Å². The number of piperidine rings is 1. The van der Waals surface area contributed by atoms with E-state index in [9.17, 15) is 4.79 Å². The molecule has 1 aromatic heterocycles. The molecule has 0 radical (unpaired) electrons. The van der Waals surface area contributed by atoms with Gasteiger partial charge < -0.3 is 14.6 Å². The van der Waals surface area contributed by atoms with E-state index in [0.717, 1.165) is 31.8 Å². The molecule has 2 aliphatic rings. The largest absolute Gasteiger partial charge is 0.469 e. The maximum atomic E-state index is 12.3. The lowest BCUT2D eigenvalue weighted by atomic mass is 9.91. The number of carbonyl (C=O) groups is 1. The van der Waals surface area contributed by atoms with Gasteiger partial charge in [0.25, 0.3) is 0 Å². The number of furan rings is 1. The molecule has 1 N–H and O–H groups in total. The van der Waals surface area contributed by atoms with Crippen LogP contribution in [-0.2, 0) is 11.2 Å². The Morgan fingerprint density at radius 3 is 3.28 bits per heavy atom. The SMILES string of the molecule is O=C(CCc1ccco1)N1CCCC2CNCC21. The summed E-state index contributed by atoms with van der Waals surface area (Å²) in [5, 5.41) is 3.41. The topological polar surface area (TPSA) is 45.5 Å². The molecule has 2 unspecified atom stereocenters. The number of amides is 1. The van der Waals surface area contributed by atoms with E-state index >= 15 is 0 Å². The number of aryl methyl sites for hydroxylation is 1. The highest BCUT2D eigenvalue weighted by Crippen LogP contribution is 2.27. The minimum atomic E-state index is 0.282. The van der Waals surface area contributed by atoms with Gasteiger partial charge in [-0.3, -0.25) is 4.79 Å². The van der Waals surface area contributed by atoms with Crippen molar-refractivity contribution in [2.75, 3.05) is 19.6 Å². The Hall–Kier alpha value is -1.29. The molecule has 98 valence electrons. The summed E-state index contributed by atoms with van der Waals surface area (Å²) in [5.74, 6) is 1.86. The van der Waals surface area contributed by atoms with E-state index in [4.69, 9.17) is 4.42 Å².